The number of para-hydroxylation sites is 1. The predicted molar refractivity (Wildman–Crippen MR) is 388 cm³/mol. The van der Waals surface area contributed by atoms with Crippen molar-refractivity contribution in [3.63, 3.8) is 0 Å². The first-order valence-electron chi connectivity index (χ1n) is 33.1. The van der Waals surface area contributed by atoms with E-state index in [4.69, 9.17) is 0 Å². The van der Waals surface area contributed by atoms with E-state index in [-0.39, 0.29) is 52.2 Å². The van der Waals surface area contributed by atoms with Crippen molar-refractivity contribution in [2.75, 3.05) is 0 Å². The highest BCUT2D eigenvalue weighted by Crippen LogP contribution is 2.37. The van der Waals surface area contributed by atoms with Gasteiger partial charge in [-0.15, -0.1) is 13.2 Å². The largest absolute Gasteiger partial charge is 0.573 e. The minimum Gasteiger partial charge on any atom is -0.405 e. The van der Waals surface area contributed by atoms with Crippen LogP contribution in [0.15, 0.2) is 180 Å². The molecule has 0 saturated carbocycles. The molecule has 0 aliphatic rings. The molecule has 0 heterocycles. The van der Waals surface area contributed by atoms with Gasteiger partial charge in [0.25, 0.3) is 12.3 Å². The van der Waals surface area contributed by atoms with Gasteiger partial charge in [0.1, 0.15) is 17.4 Å². The first-order valence-corrected chi connectivity index (χ1v) is 33.9. The van der Waals surface area contributed by atoms with Crippen LogP contribution in [0.1, 0.15) is 269 Å². The number of aryl methyl sites for hydroxylation is 3. The second-order valence-corrected chi connectivity index (χ2v) is 27.9. The first kappa shape index (κ1) is 89.2. The molecule has 0 spiro atoms. The number of hydrogen-bond acceptors (Lipinski definition) is 2. The van der Waals surface area contributed by atoms with Crippen molar-refractivity contribution in [3.05, 3.63) is 275 Å². The summed E-state index contributed by atoms with van der Waals surface area (Å²) in [6.45, 7) is 42.4. The second kappa shape index (κ2) is 41.7. The van der Waals surface area contributed by atoms with Gasteiger partial charge >= 0.3 is 12.5 Å². The number of alkyl halides is 10. The highest BCUT2D eigenvalue weighted by Gasteiger charge is 2.34. The van der Waals surface area contributed by atoms with Gasteiger partial charge in [-0.1, -0.05) is 260 Å². The van der Waals surface area contributed by atoms with E-state index in [9.17, 15) is 57.8 Å². The molecule has 0 aliphatic carbocycles. The van der Waals surface area contributed by atoms with E-state index in [0.29, 0.717) is 34.8 Å². The second-order valence-electron chi connectivity index (χ2n) is 27.0. The molecule has 0 aromatic heterocycles. The molecular weight excluding hydrogens is 1340 g/mol. The van der Waals surface area contributed by atoms with Crippen LogP contribution in [-0.2, 0) is 17.7 Å². The lowest BCUT2D eigenvalue weighted by Gasteiger charge is -2.22. The fourth-order valence-corrected chi connectivity index (χ4v) is 10.7. The quantitative estimate of drug-likeness (QED) is 0.124. The maximum absolute atomic E-state index is 13.1. The Hall–Kier alpha value is -6.84. The van der Waals surface area contributed by atoms with Crippen LogP contribution in [0.25, 0.3) is 0 Å². The molecule has 0 amide bonds. The zero-order chi connectivity index (χ0) is 75.4. The third-order valence-corrected chi connectivity index (χ3v) is 16.0. The summed E-state index contributed by atoms with van der Waals surface area (Å²) in [5.41, 5.74) is 10.6. The molecular formula is C83H105BrF12O2. The van der Waals surface area contributed by atoms with E-state index >= 15 is 0 Å². The number of ether oxygens (including phenoxy) is 1. The minimum absolute atomic E-state index is 0.00792. The molecule has 15 heteroatoms. The predicted octanol–water partition coefficient (Wildman–Crippen LogP) is 28.6. The van der Waals surface area contributed by atoms with Crippen LogP contribution in [0.5, 0.6) is 5.75 Å². The number of aliphatic hydroxyl groups is 1. The Labute approximate surface area is 586 Å². The topological polar surface area (TPSA) is 29.5 Å². The Bertz CT molecular complexity index is 3480. The molecule has 0 radical (unpaired) electrons. The highest BCUT2D eigenvalue weighted by molar-refractivity contribution is 9.10. The fraction of sp³-hybridized carbons (Fsp3) is 0.422. The average molecular weight is 1440 g/mol. The molecule has 8 rings (SSSR count). The maximum Gasteiger partial charge on any atom is 0.573 e. The van der Waals surface area contributed by atoms with Crippen LogP contribution in [-0.4, -0.2) is 11.5 Å². The van der Waals surface area contributed by atoms with Crippen LogP contribution >= 0.6 is 15.9 Å². The molecule has 0 unspecified atom stereocenters. The third-order valence-electron chi connectivity index (χ3n) is 15.3. The van der Waals surface area contributed by atoms with E-state index in [1.54, 1.807) is 86.6 Å². The number of benzene rings is 8. The maximum atomic E-state index is 13.1. The van der Waals surface area contributed by atoms with Crippen molar-refractivity contribution in [1.29, 1.82) is 0 Å². The Morgan fingerprint density at radius 1 is 0.357 bits per heavy atom. The summed E-state index contributed by atoms with van der Waals surface area (Å²) < 4.78 is 155. The van der Waals surface area contributed by atoms with E-state index in [1.165, 1.54) is 63.6 Å². The number of hydrogen-bond donors (Lipinski definition) is 1. The highest BCUT2D eigenvalue weighted by atomic mass is 79.9. The standard InChI is InChI=1S/C13H20O.C11H14F2.C10H11F3O.C10H11F3.C10H12F2.2C10H13F.C9H11Br/c1-9(2)11-7-6-10(3)12(8-11)13(4,5)14;1-8(2)9-6-4-5-7-10(9)11(3,12)13;1-7(2)8-5-3-4-6-9(8)14-10(11,12)13;1-7(2)8-5-3-4-6-9(8)10(11,12)13;1-7(2)8-5-3-4-6-9(8)10(11)12;1-7(2)9-4-8(3)5-10(11)6-9;1-7(2)10-6-9(11)5-4-8(10)3;1-7(2)8-5-3-4-6-9(8)10/h6-9,14H,1-5H3;4-8H,1-3H3;3-7H,1-2H3;3-7H,1-2H3;3-7,10H,1-2H3;2*4-7H,1-3H3;3-7H,1-2H3. The van der Waals surface area contributed by atoms with Crippen LogP contribution in [0.4, 0.5) is 52.7 Å². The van der Waals surface area contributed by atoms with Crippen LogP contribution in [0, 0.1) is 32.4 Å². The molecule has 8 aromatic carbocycles. The lowest BCUT2D eigenvalue weighted by atomic mass is 9.89. The van der Waals surface area contributed by atoms with Crippen molar-refractivity contribution >= 4 is 15.9 Å². The average Bonchev–Trinajstić information content (AvgIpc) is 0.836. The Morgan fingerprint density at radius 3 is 1.11 bits per heavy atom. The molecule has 8 aromatic rings. The summed E-state index contributed by atoms with van der Waals surface area (Å²) in [6.07, 6.45) is -11.2. The Kier molecular flexibility index (Phi) is 37.9. The van der Waals surface area contributed by atoms with E-state index in [1.807, 2.05) is 94.4 Å². The summed E-state index contributed by atoms with van der Waals surface area (Å²) in [7, 11) is 0. The smallest absolute Gasteiger partial charge is 0.405 e. The van der Waals surface area contributed by atoms with Crippen molar-refractivity contribution in [3.8, 4) is 5.75 Å². The summed E-state index contributed by atoms with van der Waals surface area (Å²) in [5.74, 6) is -0.977. The van der Waals surface area contributed by atoms with Gasteiger partial charge in [0, 0.05) is 22.5 Å². The van der Waals surface area contributed by atoms with Crippen molar-refractivity contribution in [1.82, 2.24) is 0 Å². The van der Waals surface area contributed by atoms with Gasteiger partial charge in [-0.2, -0.15) is 13.2 Å². The molecule has 540 valence electrons. The molecule has 98 heavy (non-hydrogen) atoms. The van der Waals surface area contributed by atoms with Crippen LogP contribution in [0.3, 0.4) is 0 Å². The van der Waals surface area contributed by atoms with Gasteiger partial charge < -0.3 is 9.84 Å². The Morgan fingerprint density at radius 2 is 0.755 bits per heavy atom. The molecule has 0 bridgehead atoms. The molecule has 0 fully saturated rings. The number of rotatable bonds is 12. The zero-order valence-corrected chi connectivity index (χ0v) is 62.8. The monoisotopic (exact) mass is 1440 g/mol. The first-order chi connectivity index (χ1) is 45.1. The van der Waals surface area contributed by atoms with Crippen molar-refractivity contribution in [2.45, 2.75) is 230 Å². The summed E-state index contributed by atoms with van der Waals surface area (Å²) in [5, 5.41) is 9.98. The molecule has 1 N–H and O–H groups in total. The van der Waals surface area contributed by atoms with Crippen LogP contribution < -0.4 is 4.74 Å². The van der Waals surface area contributed by atoms with E-state index < -0.39 is 36.1 Å². The summed E-state index contributed by atoms with van der Waals surface area (Å²) in [4.78, 5) is 0. The molecule has 0 saturated heterocycles. The normalized spacial score (nSPS) is 11.5. The van der Waals surface area contributed by atoms with Gasteiger partial charge in [-0.25, -0.2) is 26.3 Å². The van der Waals surface area contributed by atoms with Crippen molar-refractivity contribution < 1.29 is 62.5 Å². The SMILES string of the molecule is CC(C)c1ccccc1Br.CC(C)c1ccccc1C(C)(F)F.CC(C)c1ccccc1C(F)(F)F.CC(C)c1ccccc1C(F)F.CC(C)c1ccccc1OC(F)(F)F.Cc1cc(F)cc(C(C)C)c1.Cc1ccc(C(C)C)cc1C(C)(C)O.Cc1ccc(F)cc1C(C)C. The van der Waals surface area contributed by atoms with Gasteiger partial charge in [-0.3, -0.25) is 0 Å². The van der Waals surface area contributed by atoms with Gasteiger partial charge in [0.15, 0.2) is 0 Å². The lowest BCUT2D eigenvalue weighted by Crippen LogP contribution is -2.18. The van der Waals surface area contributed by atoms with Crippen LogP contribution in [0.2, 0.25) is 0 Å². The molecule has 2 nitrogen and oxygen atoms in total. The van der Waals surface area contributed by atoms with Gasteiger partial charge in [-0.05, 0) is 191 Å². The minimum atomic E-state index is -4.62. The lowest BCUT2D eigenvalue weighted by molar-refractivity contribution is -0.275. The third kappa shape index (κ3) is 32.9. The molecule has 0 atom stereocenters. The summed E-state index contributed by atoms with van der Waals surface area (Å²) in [6, 6.07) is 50.0. The summed E-state index contributed by atoms with van der Waals surface area (Å²) >= 11 is 3.50. The Balaban J connectivity index is 0.000000561. The van der Waals surface area contributed by atoms with Gasteiger partial charge in [0.2, 0.25) is 0 Å². The van der Waals surface area contributed by atoms with E-state index in [2.05, 4.69) is 112 Å². The zero-order valence-electron chi connectivity index (χ0n) is 61.2. The number of halogens is 13. The van der Waals surface area contributed by atoms with Gasteiger partial charge in [0.05, 0.1) is 11.2 Å². The molecule has 0 aliphatic heterocycles. The van der Waals surface area contributed by atoms with Crippen molar-refractivity contribution in [2.24, 2.45) is 0 Å². The fourth-order valence-electron chi connectivity index (χ4n) is 10.0. The van der Waals surface area contributed by atoms with E-state index in [0.717, 1.165) is 51.9 Å².